The molecule has 0 spiro atoms. The Labute approximate surface area is 224 Å². The van der Waals surface area contributed by atoms with Gasteiger partial charge in [-0.2, -0.15) is 0 Å². The third kappa shape index (κ3) is 7.53. The van der Waals surface area contributed by atoms with Crippen molar-refractivity contribution in [2.75, 3.05) is 64.4 Å². The summed E-state index contributed by atoms with van der Waals surface area (Å²) in [6.07, 6.45) is 2.42. The minimum atomic E-state index is -0.221. The number of phenols is 1. The summed E-state index contributed by atoms with van der Waals surface area (Å²) in [6, 6.07) is 11.3. The Morgan fingerprint density at radius 1 is 1.13 bits per heavy atom. The number of amides is 1. The SMILES string of the molecule is COc1cc(O)cc(N(CCNC(C)C)c2ccc3ncc(C(=O)NCCCN4CCNCC4)nc3c2)c1. The molecular formula is C28H39N7O3. The smallest absolute Gasteiger partial charge is 0.271 e. The van der Waals surface area contributed by atoms with Crippen molar-refractivity contribution in [3.8, 4) is 11.5 Å². The highest BCUT2D eigenvalue weighted by molar-refractivity contribution is 5.94. The fourth-order valence-electron chi connectivity index (χ4n) is 4.52. The molecule has 0 aliphatic carbocycles. The van der Waals surface area contributed by atoms with Crippen LogP contribution in [0.1, 0.15) is 30.8 Å². The molecule has 1 aliphatic heterocycles. The quantitative estimate of drug-likeness (QED) is 0.267. The van der Waals surface area contributed by atoms with Gasteiger partial charge in [0.1, 0.15) is 17.2 Å². The molecule has 0 unspecified atom stereocenters. The van der Waals surface area contributed by atoms with Crippen LogP contribution in [0.5, 0.6) is 11.5 Å². The zero-order valence-corrected chi connectivity index (χ0v) is 22.5. The number of hydrogen-bond acceptors (Lipinski definition) is 9. The van der Waals surface area contributed by atoms with Crippen molar-refractivity contribution in [3.05, 3.63) is 48.3 Å². The maximum atomic E-state index is 12.8. The number of rotatable bonds is 12. The number of carbonyl (C=O) groups is 1. The monoisotopic (exact) mass is 521 g/mol. The van der Waals surface area contributed by atoms with Gasteiger partial charge in [-0.3, -0.25) is 9.78 Å². The van der Waals surface area contributed by atoms with E-state index in [9.17, 15) is 9.90 Å². The van der Waals surface area contributed by atoms with Crippen LogP contribution in [0.4, 0.5) is 11.4 Å². The molecule has 3 aromatic rings. The number of piperazine rings is 1. The summed E-state index contributed by atoms with van der Waals surface area (Å²) >= 11 is 0. The number of aromatic hydroxyl groups is 1. The van der Waals surface area contributed by atoms with E-state index in [1.807, 2.05) is 24.3 Å². The summed E-state index contributed by atoms with van der Waals surface area (Å²) in [5, 5.41) is 20.0. The van der Waals surface area contributed by atoms with Crippen LogP contribution < -0.4 is 25.6 Å². The third-order valence-corrected chi connectivity index (χ3v) is 6.53. The van der Waals surface area contributed by atoms with Crippen molar-refractivity contribution in [2.24, 2.45) is 0 Å². The lowest BCUT2D eigenvalue weighted by molar-refractivity contribution is 0.0946. The highest BCUT2D eigenvalue weighted by atomic mass is 16.5. The number of nitrogens with zero attached hydrogens (tertiary/aromatic N) is 4. The van der Waals surface area contributed by atoms with Crippen molar-refractivity contribution in [1.29, 1.82) is 0 Å². The van der Waals surface area contributed by atoms with Gasteiger partial charge in [0.15, 0.2) is 0 Å². The number of benzene rings is 2. The van der Waals surface area contributed by atoms with Gasteiger partial charge in [-0.1, -0.05) is 13.8 Å². The number of ether oxygens (including phenoxy) is 1. The van der Waals surface area contributed by atoms with E-state index >= 15 is 0 Å². The molecule has 2 heterocycles. The van der Waals surface area contributed by atoms with Crippen LogP contribution in [0.15, 0.2) is 42.6 Å². The second-order valence-corrected chi connectivity index (χ2v) is 9.78. The van der Waals surface area contributed by atoms with Crippen LogP contribution in [0.3, 0.4) is 0 Å². The van der Waals surface area contributed by atoms with Gasteiger partial charge in [0.25, 0.3) is 5.91 Å². The van der Waals surface area contributed by atoms with Crippen molar-refractivity contribution in [1.82, 2.24) is 30.8 Å². The van der Waals surface area contributed by atoms with Crippen LogP contribution in [0.25, 0.3) is 11.0 Å². The lowest BCUT2D eigenvalue weighted by atomic mass is 10.2. The van der Waals surface area contributed by atoms with Crippen LogP contribution in [-0.4, -0.2) is 91.4 Å². The van der Waals surface area contributed by atoms with E-state index in [1.165, 1.54) is 6.20 Å². The zero-order valence-electron chi connectivity index (χ0n) is 22.5. The van der Waals surface area contributed by atoms with Gasteiger partial charge in [-0.25, -0.2) is 4.98 Å². The average Bonchev–Trinajstić information content (AvgIpc) is 2.92. The second-order valence-electron chi connectivity index (χ2n) is 9.78. The van der Waals surface area contributed by atoms with Crippen LogP contribution in [0.2, 0.25) is 0 Å². The first-order chi connectivity index (χ1) is 18.4. The number of nitrogens with one attached hydrogen (secondary N) is 3. The van der Waals surface area contributed by atoms with E-state index in [4.69, 9.17) is 4.74 Å². The fourth-order valence-corrected chi connectivity index (χ4v) is 4.52. The van der Waals surface area contributed by atoms with Gasteiger partial charge in [0.2, 0.25) is 0 Å². The first-order valence-electron chi connectivity index (χ1n) is 13.3. The number of fused-ring (bicyclic) bond motifs is 1. The lowest BCUT2D eigenvalue weighted by Crippen LogP contribution is -2.44. The van der Waals surface area contributed by atoms with Gasteiger partial charge in [-0.05, 0) is 31.2 Å². The van der Waals surface area contributed by atoms with Gasteiger partial charge in [-0.15, -0.1) is 0 Å². The molecule has 4 rings (SSSR count). The topological polar surface area (TPSA) is 115 Å². The molecule has 0 bridgehead atoms. The van der Waals surface area contributed by atoms with Crippen LogP contribution in [-0.2, 0) is 0 Å². The standard InChI is InChI=1S/C28H39N7O3/c1-20(2)30-10-14-35(22-15-23(36)18-24(16-22)38-3)21-5-6-25-26(17-21)33-27(19-32-25)28(37)31-7-4-11-34-12-8-29-9-13-34/h5-6,15-20,29-30,36H,4,7-14H2,1-3H3,(H,31,37). The molecule has 0 saturated carbocycles. The summed E-state index contributed by atoms with van der Waals surface area (Å²) < 4.78 is 5.38. The highest BCUT2D eigenvalue weighted by Crippen LogP contribution is 2.33. The number of aromatic nitrogens is 2. The highest BCUT2D eigenvalue weighted by Gasteiger charge is 2.15. The molecule has 38 heavy (non-hydrogen) atoms. The first-order valence-corrected chi connectivity index (χ1v) is 13.3. The van der Waals surface area contributed by atoms with Crippen LogP contribution >= 0.6 is 0 Å². The molecule has 204 valence electrons. The molecule has 1 fully saturated rings. The van der Waals surface area contributed by atoms with E-state index in [-0.39, 0.29) is 11.7 Å². The predicted octanol–water partition coefficient (Wildman–Crippen LogP) is 2.51. The average molecular weight is 522 g/mol. The summed E-state index contributed by atoms with van der Waals surface area (Å²) in [7, 11) is 1.58. The molecule has 0 atom stereocenters. The van der Waals surface area contributed by atoms with Gasteiger partial charge in [0.05, 0.1) is 24.3 Å². The van der Waals surface area contributed by atoms with E-state index in [2.05, 4.69) is 49.6 Å². The molecule has 1 aliphatic rings. The second kappa shape index (κ2) is 13.4. The Bertz CT molecular complexity index is 1210. The molecule has 10 nitrogen and oxygen atoms in total. The van der Waals surface area contributed by atoms with Gasteiger partial charge in [0, 0.05) is 81.4 Å². The number of phenolic OH excluding ortho intramolecular Hbond substituents is 1. The van der Waals surface area contributed by atoms with E-state index in [0.717, 1.165) is 57.1 Å². The van der Waals surface area contributed by atoms with Crippen molar-refractivity contribution < 1.29 is 14.6 Å². The Hall–Kier alpha value is -3.47. The number of carbonyl (C=O) groups excluding carboxylic acids is 1. The number of methoxy groups -OCH3 is 1. The maximum absolute atomic E-state index is 12.8. The summed E-state index contributed by atoms with van der Waals surface area (Å²) in [4.78, 5) is 26.4. The molecule has 1 aromatic heterocycles. The summed E-state index contributed by atoms with van der Waals surface area (Å²) in [5.74, 6) is 0.469. The molecule has 2 aromatic carbocycles. The van der Waals surface area contributed by atoms with Crippen LogP contribution in [0, 0.1) is 0 Å². The molecule has 0 radical (unpaired) electrons. The Balaban J connectivity index is 1.50. The molecule has 10 heteroatoms. The van der Waals surface area contributed by atoms with E-state index in [1.54, 1.807) is 19.2 Å². The first kappa shape index (κ1) is 27.6. The minimum Gasteiger partial charge on any atom is -0.508 e. The molecular weight excluding hydrogens is 482 g/mol. The zero-order chi connectivity index (χ0) is 26.9. The normalized spacial score (nSPS) is 14.1. The van der Waals surface area contributed by atoms with Crippen molar-refractivity contribution >= 4 is 28.3 Å². The molecule has 4 N–H and O–H groups in total. The van der Waals surface area contributed by atoms with Gasteiger partial charge >= 0.3 is 0 Å². The Kier molecular flexibility index (Phi) is 9.69. The van der Waals surface area contributed by atoms with Crippen molar-refractivity contribution in [2.45, 2.75) is 26.3 Å². The third-order valence-electron chi connectivity index (χ3n) is 6.53. The fraction of sp³-hybridized carbons (Fsp3) is 0.464. The Morgan fingerprint density at radius 3 is 2.71 bits per heavy atom. The molecule has 1 saturated heterocycles. The predicted molar refractivity (Wildman–Crippen MR) is 151 cm³/mol. The minimum absolute atomic E-state index is 0.123. The summed E-state index contributed by atoms with van der Waals surface area (Å²) in [6.45, 7) is 11.3. The lowest BCUT2D eigenvalue weighted by Gasteiger charge is -2.27. The Morgan fingerprint density at radius 2 is 1.95 bits per heavy atom. The maximum Gasteiger partial charge on any atom is 0.271 e. The molecule has 1 amide bonds. The largest absolute Gasteiger partial charge is 0.508 e. The van der Waals surface area contributed by atoms with E-state index < -0.39 is 0 Å². The number of anilines is 2. The van der Waals surface area contributed by atoms with E-state index in [0.29, 0.717) is 41.6 Å². The van der Waals surface area contributed by atoms with Gasteiger partial charge < -0.3 is 35.6 Å². The number of hydrogen-bond donors (Lipinski definition) is 4. The van der Waals surface area contributed by atoms with Crippen molar-refractivity contribution in [3.63, 3.8) is 0 Å². The summed E-state index contributed by atoms with van der Waals surface area (Å²) in [5.41, 5.74) is 3.29.